The predicted molar refractivity (Wildman–Crippen MR) is 128 cm³/mol. The molecule has 1 heterocycles. The summed E-state index contributed by atoms with van der Waals surface area (Å²) in [6.45, 7) is 8.81. The van der Waals surface area contributed by atoms with Gasteiger partial charge in [0.1, 0.15) is 12.4 Å². The summed E-state index contributed by atoms with van der Waals surface area (Å²) in [7, 11) is 0. The topological polar surface area (TPSA) is 112 Å². The molecule has 0 fully saturated rings. The van der Waals surface area contributed by atoms with Gasteiger partial charge in [0.15, 0.2) is 11.0 Å². The Hall–Kier alpha value is -3.40. The van der Waals surface area contributed by atoms with Crippen molar-refractivity contribution < 1.29 is 14.5 Å². The highest BCUT2D eigenvalue weighted by Crippen LogP contribution is 2.24. The van der Waals surface area contributed by atoms with E-state index < -0.39 is 4.92 Å². The number of anilines is 1. The van der Waals surface area contributed by atoms with Crippen LogP contribution in [0, 0.1) is 17.0 Å². The minimum Gasteiger partial charge on any atom is -0.486 e. The molecule has 3 rings (SSSR count). The Kier molecular flexibility index (Phi) is 8.05. The number of aryl methyl sites for hydroxylation is 1. The number of ether oxygens (including phenoxy) is 1. The molecule has 0 saturated heterocycles. The van der Waals surface area contributed by atoms with Crippen molar-refractivity contribution in [1.82, 2.24) is 14.8 Å². The monoisotopic (exact) mass is 469 g/mol. The number of rotatable bonds is 10. The van der Waals surface area contributed by atoms with Crippen molar-refractivity contribution in [1.29, 1.82) is 0 Å². The van der Waals surface area contributed by atoms with Gasteiger partial charge in [-0.3, -0.25) is 14.9 Å². The van der Waals surface area contributed by atoms with Gasteiger partial charge in [0.25, 0.3) is 5.69 Å². The first kappa shape index (κ1) is 24.2. The number of hydrogen-bond acceptors (Lipinski definition) is 7. The van der Waals surface area contributed by atoms with E-state index in [2.05, 4.69) is 29.4 Å². The summed E-state index contributed by atoms with van der Waals surface area (Å²) in [6, 6.07) is 12.6. The van der Waals surface area contributed by atoms with Crippen LogP contribution in [0.15, 0.2) is 47.6 Å². The maximum atomic E-state index is 12.4. The quantitative estimate of drug-likeness (QED) is 0.254. The van der Waals surface area contributed by atoms with Crippen molar-refractivity contribution in [2.45, 2.75) is 51.9 Å². The van der Waals surface area contributed by atoms with E-state index in [9.17, 15) is 14.9 Å². The first-order chi connectivity index (χ1) is 15.8. The molecule has 0 spiro atoms. The first-order valence-electron chi connectivity index (χ1n) is 10.6. The molecule has 10 heteroatoms. The molecule has 33 heavy (non-hydrogen) atoms. The van der Waals surface area contributed by atoms with Gasteiger partial charge >= 0.3 is 0 Å². The molecule has 0 aliphatic heterocycles. The minimum absolute atomic E-state index is 0.0327. The van der Waals surface area contributed by atoms with Gasteiger partial charge in [-0.25, -0.2) is 0 Å². The number of aromatic nitrogens is 3. The summed E-state index contributed by atoms with van der Waals surface area (Å²) in [5.74, 6) is 1.69. The predicted octanol–water partition coefficient (Wildman–Crippen LogP) is 4.95. The Labute approximate surface area is 196 Å². The molecule has 1 aromatic heterocycles. The van der Waals surface area contributed by atoms with E-state index in [1.807, 2.05) is 35.8 Å². The number of nitrogens with one attached hydrogen (secondary N) is 1. The van der Waals surface area contributed by atoms with E-state index in [1.165, 1.54) is 23.4 Å². The first-order valence-corrected chi connectivity index (χ1v) is 11.6. The maximum Gasteiger partial charge on any atom is 0.274 e. The summed E-state index contributed by atoms with van der Waals surface area (Å²) in [5, 5.41) is 22.8. The van der Waals surface area contributed by atoms with Crippen LogP contribution < -0.4 is 10.1 Å². The van der Waals surface area contributed by atoms with Gasteiger partial charge in [-0.1, -0.05) is 43.8 Å². The van der Waals surface area contributed by atoms with Gasteiger partial charge < -0.3 is 14.6 Å². The van der Waals surface area contributed by atoms with E-state index in [0.29, 0.717) is 34.7 Å². The van der Waals surface area contributed by atoms with E-state index >= 15 is 0 Å². The van der Waals surface area contributed by atoms with Crippen LogP contribution in [-0.4, -0.2) is 31.3 Å². The number of carbonyl (C=O) groups excluding carboxylic acids is 1. The summed E-state index contributed by atoms with van der Waals surface area (Å²) in [4.78, 5) is 23.0. The van der Waals surface area contributed by atoms with Gasteiger partial charge in [0.05, 0.1) is 10.7 Å². The van der Waals surface area contributed by atoms with Crippen molar-refractivity contribution in [2.24, 2.45) is 0 Å². The van der Waals surface area contributed by atoms with Crippen LogP contribution in [0.3, 0.4) is 0 Å². The fourth-order valence-corrected chi connectivity index (χ4v) is 3.98. The minimum atomic E-state index is -0.467. The van der Waals surface area contributed by atoms with E-state index in [0.717, 1.165) is 5.75 Å². The molecule has 1 amide bonds. The number of hydrogen-bond donors (Lipinski definition) is 1. The molecule has 0 saturated carbocycles. The third-order valence-corrected chi connectivity index (χ3v) is 6.01. The second kappa shape index (κ2) is 11.0. The summed E-state index contributed by atoms with van der Waals surface area (Å²) in [6.07, 6.45) is 0. The number of thioether (sulfide) groups is 1. The largest absolute Gasteiger partial charge is 0.486 e. The molecule has 3 aromatic rings. The van der Waals surface area contributed by atoms with Gasteiger partial charge in [-0.2, -0.15) is 0 Å². The van der Waals surface area contributed by atoms with E-state index in [1.54, 1.807) is 19.1 Å². The lowest BCUT2D eigenvalue weighted by atomic mass is 10.0. The summed E-state index contributed by atoms with van der Waals surface area (Å²) < 4.78 is 7.76. The lowest BCUT2D eigenvalue weighted by Crippen LogP contribution is -2.15. The van der Waals surface area contributed by atoms with Crippen molar-refractivity contribution in [2.75, 3.05) is 11.1 Å². The molecule has 0 bridgehead atoms. The third-order valence-electron chi connectivity index (χ3n) is 5.05. The molecule has 1 N–H and O–H groups in total. The number of carbonyl (C=O) groups is 1. The molecule has 0 aliphatic carbocycles. The van der Waals surface area contributed by atoms with Crippen LogP contribution in [0.1, 0.15) is 43.6 Å². The Bertz CT molecular complexity index is 1130. The van der Waals surface area contributed by atoms with Crippen LogP contribution in [0.25, 0.3) is 0 Å². The molecular formula is C23H27N5O4S. The fourth-order valence-electron chi connectivity index (χ4n) is 3.16. The number of amides is 1. The van der Waals surface area contributed by atoms with Gasteiger partial charge in [0.2, 0.25) is 5.91 Å². The molecule has 0 atom stereocenters. The van der Waals surface area contributed by atoms with Crippen molar-refractivity contribution in [3.8, 4) is 5.75 Å². The number of benzene rings is 2. The van der Waals surface area contributed by atoms with Crippen LogP contribution in [-0.2, 0) is 17.9 Å². The standard InChI is InChI=1S/C23H27N5O4S/c1-5-27-21(13-32-19-10-7-17(8-11-19)15(2)3)25-26-23(27)33-14-22(29)24-18-9-6-16(4)20(12-18)28(30)31/h6-12,15H,5,13-14H2,1-4H3,(H,24,29). The maximum absolute atomic E-state index is 12.4. The highest BCUT2D eigenvalue weighted by atomic mass is 32.2. The van der Waals surface area contributed by atoms with E-state index in [4.69, 9.17) is 4.74 Å². The highest BCUT2D eigenvalue weighted by molar-refractivity contribution is 7.99. The third kappa shape index (κ3) is 6.32. The Balaban J connectivity index is 1.58. The normalized spacial score (nSPS) is 10.9. The Morgan fingerprint density at radius 1 is 1.21 bits per heavy atom. The molecule has 0 unspecified atom stereocenters. The van der Waals surface area contributed by atoms with Gasteiger partial charge in [-0.15, -0.1) is 10.2 Å². The van der Waals surface area contributed by atoms with Gasteiger partial charge in [0, 0.05) is 23.9 Å². The zero-order valence-corrected chi connectivity index (χ0v) is 19.9. The lowest BCUT2D eigenvalue weighted by molar-refractivity contribution is -0.385. The second-order valence-corrected chi connectivity index (χ2v) is 8.69. The van der Waals surface area contributed by atoms with Crippen molar-refractivity contribution >= 4 is 29.0 Å². The molecular weight excluding hydrogens is 442 g/mol. The van der Waals surface area contributed by atoms with Crippen LogP contribution in [0.5, 0.6) is 5.75 Å². The van der Waals surface area contributed by atoms with Crippen molar-refractivity contribution in [3.05, 3.63) is 69.5 Å². The Morgan fingerprint density at radius 2 is 1.94 bits per heavy atom. The number of nitro groups is 1. The molecule has 0 radical (unpaired) electrons. The van der Waals surface area contributed by atoms with Crippen molar-refractivity contribution in [3.63, 3.8) is 0 Å². The Morgan fingerprint density at radius 3 is 2.58 bits per heavy atom. The number of nitro benzene ring substituents is 1. The lowest BCUT2D eigenvalue weighted by Gasteiger charge is -2.10. The average Bonchev–Trinajstić information content (AvgIpc) is 3.19. The van der Waals surface area contributed by atoms with Crippen LogP contribution in [0.2, 0.25) is 0 Å². The zero-order chi connectivity index (χ0) is 24.0. The van der Waals surface area contributed by atoms with E-state index in [-0.39, 0.29) is 24.0 Å². The fraction of sp³-hybridized carbons (Fsp3) is 0.348. The highest BCUT2D eigenvalue weighted by Gasteiger charge is 2.16. The molecule has 2 aromatic carbocycles. The summed E-state index contributed by atoms with van der Waals surface area (Å²) >= 11 is 1.25. The molecule has 0 aliphatic rings. The zero-order valence-electron chi connectivity index (χ0n) is 19.1. The van der Waals surface area contributed by atoms with Crippen LogP contribution in [0.4, 0.5) is 11.4 Å². The summed E-state index contributed by atoms with van der Waals surface area (Å²) in [5.41, 5.74) is 2.13. The average molecular weight is 470 g/mol. The number of nitrogens with zero attached hydrogens (tertiary/aromatic N) is 4. The molecule has 174 valence electrons. The second-order valence-electron chi connectivity index (χ2n) is 7.75. The SMILES string of the molecule is CCn1c(COc2ccc(C(C)C)cc2)nnc1SCC(=O)Nc1ccc(C)c([N+](=O)[O-])c1. The smallest absolute Gasteiger partial charge is 0.274 e. The van der Waals surface area contributed by atoms with Gasteiger partial charge in [-0.05, 0) is 43.5 Å². The molecule has 9 nitrogen and oxygen atoms in total. The van der Waals surface area contributed by atoms with Crippen LogP contribution >= 0.6 is 11.8 Å².